The maximum atomic E-state index is 12.4. The lowest BCUT2D eigenvalue weighted by Crippen LogP contribution is -2.50. The highest BCUT2D eigenvalue weighted by atomic mass is 32.2. The number of hydrogen-bond donors (Lipinski definition) is 1. The Labute approximate surface area is 109 Å². The summed E-state index contributed by atoms with van der Waals surface area (Å²) in [5.41, 5.74) is 6.26. The molecule has 0 bridgehead atoms. The number of nitrogens with two attached hydrogens (primary N) is 1. The van der Waals surface area contributed by atoms with Crippen LogP contribution in [0.4, 0.5) is 20.3 Å². The van der Waals surface area contributed by atoms with Crippen molar-refractivity contribution in [1.82, 2.24) is 9.29 Å². The summed E-state index contributed by atoms with van der Waals surface area (Å²) in [6.45, 7) is 0.767. The third kappa shape index (κ3) is 2.92. The van der Waals surface area contributed by atoms with Crippen molar-refractivity contribution < 1.29 is 17.2 Å². The van der Waals surface area contributed by atoms with Gasteiger partial charge in [0.2, 0.25) is 0 Å². The van der Waals surface area contributed by atoms with Gasteiger partial charge in [-0.25, -0.2) is 13.4 Å². The molecule has 0 unspecified atom stereocenters. The summed E-state index contributed by atoms with van der Waals surface area (Å²) in [7, 11) is -4.47. The molecule has 19 heavy (non-hydrogen) atoms. The van der Waals surface area contributed by atoms with Gasteiger partial charge in [0, 0.05) is 26.2 Å². The molecule has 9 heteroatoms. The van der Waals surface area contributed by atoms with Crippen LogP contribution in [0.3, 0.4) is 0 Å². The van der Waals surface area contributed by atoms with Gasteiger partial charge in [0.15, 0.2) is 0 Å². The smallest absolute Gasteiger partial charge is 0.350 e. The second kappa shape index (κ2) is 5.25. The van der Waals surface area contributed by atoms with Gasteiger partial charge in [-0.1, -0.05) is 0 Å². The summed E-state index contributed by atoms with van der Waals surface area (Å²) in [5, 5.41) is 0. The first kappa shape index (κ1) is 13.9. The minimum atomic E-state index is -4.47. The number of pyridine rings is 1. The van der Waals surface area contributed by atoms with E-state index in [0.717, 1.165) is 9.99 Å². The average Bonchev–Trinajstić information content (AvgIpc) is 2.39. The molecule has 106 valence electrons. The zero-order valence-corrected chi connectivity index (χ0v) is 10.9. The van der Waals surface area contributed by atoms with Crippen LogP contribution in [0.15, 0.2) is 18.3 Å². The van der Waals surface area contributed by atoms with Crippen LogP contribution in [-0.4, -0.2) is 49.6 Å². The van der Waals surface area contributed by atoms with Gasteiger partial charge in [0.25, 0.3) is 10.0 Å². The second-order valence-electron chi connectivity index (χ2n) is 4.13. The van der Waals surface area contributed by atoms with E-state index in [1.54, 1.807) is 18.3 Å². The topological polar surface area (TPSA) is 79.5 Å². The fourth-order valence-electron chi connectivity index (χ4n) is 1.90. The summed E-state index contributed by atoms with van der Waals surface area (Å²) >= 11 is 0. The van der Waals surface area contributed by atoms with Gasteiger partial charge in [-0.2, -0.15) is 13.1 Å². The monoisotopic (exact) mass is 292 g/mol. The molecule has 2 N–H and O–H groups in total. The molecule has 1 aromatic rings. The van der Waals surface area contributed by atoms with Crippen LogP contribution in [-0.2, 0) is 10.0 Å². The Morgan fingerprint density at radius 2 is 1.84 bits per heavy atom. The summed E-state index contributed by atoms with van der Waals surface area (Å²) in [6.07, 6.45) is 1.58. The van der Waals surface area contributed by atoms with Crippen molar-refractivity contribution >= 4 is 21.5 Å². The fraction of sp³-hybridized carbons (Fsp3) is 0.500. The first-order chi connectivity index (χ1) is 8.91. The van der Waals surface area contributed by atoms with Gasteiger partial charge in [0.05, 0.1) is 11.9 Å². The molecular formula is C10H14F2N4O2S. The van der Waals surface area contributed by atoms with E-state index in [1.807, 2.05) is 4.90 Å². The molecule has 1 aliphatic rings. The molecule has 1 aromatic heterocycles. The van der Waals surface area contributed by atoms with Crippen molar-refractivity contribution in [2.24, 2.45) is 0 Å². The molecule has 0 spiro atoms. The van der Waals surface area contributed by atoms with Gasteiger partial charge in [-0.05, 0) is 12.1 Å². The molecule has 2 rings (SSSR count). The number of hydrogen-bond acceptors (Lipinski definition) is 5. The zero-order chi connectivity index (χ0) is 14.0. The Hall–Kier alpha value is -1.48. The first-order valence-electron chi connectivity index (χ1n) is 5.65. The first-order valence-corrected chi connectivity index (χ1v) is 7.15. The van der Waals surface area contributed by atoms with Gasteiger partial charge in [0.1, 0.15) is 5.82 Å². The number of sulfonamides is 1. The van der Waals surface area contributed by atoms with Crippen molar-refractivity contribution in [1.29, 1.82) is 0 Å². The van der Waals surface area contributed by atoms with E-state index < -0.39 is 15.8 Å². The van der Waals surface area contributed by atoms with Crippen LogP contribution in [0.1, 0.15) is 0 Å². The lowest BCUT2D eigenvalue weighted by molar-refractivity contribution is 0.217. The highest BCUT2D eigenvalue weighted by Gasteiger charge is 2.34. The van der Waals surface area contributed by atoms with E-state index in [-0.39, 0.29) is 13.1 Å². The SMILES string of the molecule is Nc1ccc(N2CCN(S(=O)(=O)C(F)F)CC2)cn1. The third-order valence-electron chi connectivity index (χ3n) is 2.96. The highest BCUT2D eigenvalue weighted by Crippen LogP contribution is 2.19. The Morgan fingerprint density at radius 3 is 2.32 bits per heavy atom. The van der Waals surface area contributed by atoms with Crippen LogP contribution < -0.4 is 10.6 Å². The quantitative estimate of drug-likeness (QED) is 0.869. The Balaban J connectivity index is 2.02. The minimum Gasteiger partial charge on any atom is -0.384 e. The number of rotatable bonds is 3. The van der Waals surface area contributed by atoms with Crippen LogP contribution in [0.2, 0.25) is 0 Å². The van der Waals surface area contributed by atoms with Crippen LogP contribution in [0.25, 0.3) is 0 Å². The summed E-state index contributed by atoms with van der Waals surface area (Å²) in [5.74, 6) is -2.97. The lowest BCUT2D eigenvalue weighted by atomic mass is 10.3. The van der Waals surface area contributed by atoms with Crippen molar-refractivity contribution in [2.45, 2.75) is 5.76 Å². The van der Waals surface area contributed by atoms with Crippen molar-refractivity contribution in [3.05, 3.63) is 18.3 Å². The number of nitrogen functional groups attached to an aromatic ring is 1. The van der Waals surface area contributed by atoms with E-state index in [2.05, 4.69) is 4.98 Å². The molecule has 0 aliphatic carbocycles. The lowest BCUT2D eigenvalue weighted by Gasteiger charge is -2.34. The molecule has 1 saturated heterocycles. The number of piperazine rings is 1. The second-order valence-corrected chi connectivity index (χ2v) is 6.04. The molecule has 0 saturated carbocycles. The molecule has 0 radical (unpaired) electrons. The molecule has 1 fully saturated rings. The number of nitrogens with zero attached hydrogens (tertiary/aromatic N) is 3. The van der Waals surface area contributed by atoms with Crippen LogP contribution in [0.5, 0.6) is 0 Å². The third-order valence-corrected chi connectivity index (χ3v) is 4.49. The number of alkyl halides is 2. The van der Waals surface area contributed by atoms with Crippen LogP contribution >= 0.6 is 0 Å². The highest BCUT2D eigenvalue weighted by molar-refractivity contribution is 7.89. The summed E-state index contributed by atoms with van der Waals surface area (Å²) in [6, 6.07) is 3.40. The molecule has 0 atom stereocenters. The van der Waals surface area contributed by atoms with E-state index in [1.165, 1.54) is 0 Å². The summed E-state index contributed by atoms with van der Waals surface area (Å²) in [4.78, 5) is 5.81. The maximum absolute atomic E-state index is 12.4. The Morgan fingerprint density at radius 1 is 1.21 bits per heavy atom. The number of anilines is 2. The number of aromatic nitrogens is 1. The molecule has 0 aromatic carbocycles. The maximum Gasteiger partial charge on any atom is 0.350 e. The predicted molar refractivity (Wildman–Crippen MR) is 67.4 cm³/mol. The Bertz CT molecular complexity index is 527. The molecular weight excluding hydrogens is 278 g/mol. The van der Waals surface area contributed by atoms with E-state index >= 15 is 0 Å². The van der Waals surface area contributed by atoms with Crippen LogP contribution in [0, 0.1) is 0 Å². The molecule has 0 amide bonds. The molecule has 1 aliphatic heterocycles. The van der Waals surface area contributed by atoms with Crippen molar-refractivity contribution in [3.8, 4) is 0 Å². The largest absolute Gasteiger partial charge is 0.384 e. The zero-order valence-electron chi connectivity index (χ0n) is 10.0. The van der Waals surface area contributed by atoms with Gasteiger partial charge in [-0.3, -0.25) is 0 Å². The Kier molecular flexibility index (Phi) is 3.85. The van der Waals surface area contributed by atoms with E-state index in [0.29, 0.717) is 18.9 Å². The fourth-order valence-corrected chi connectivity index (χ4v) is 2.80. The van der Waals surface area contributed by atoms with Gasteiger partial charge >= 0.3 is 5.76 Å². The molecule has 6 nitrogen and oxygen atoms in total. The van der Waals surface area contributed by atoms with Gasteiger partial charge in [-0.15, -0.1) is 0 Å². The summed E-state index contributed by atoms with van der Waals surface area (Å²) < 4.78 is 48.2. The van der Waals surface area contributed by atoms with Gasteiger partial charge < -0.3 is 10.6 Å². The standard InChI is InChI=1S/C10H14F2N4O2S/c11-10(12)19(17,18)16-5-3-15(4-6-16)8-1-2-9(13)14-7-8/h1-2,7,10H,3-6H2,(H2,13,14). The number of halogens is 2. The van der Waals surface area contributed by atoms with Crippen molar-refractivity contribution in [3.63, 3.8) is 0 Å². The van der Waals surface area contributed by atoms with E-state index in [9.17, 15) is 17.2 Å². The normalized spacial score (nSPS) is 17.9. The predicted octanol–water partition coefficient (Wildman–Crippen LogP) is 0.338. The average molecular weight is 292 g/mol. The van der Waals surface area contributed by atoms with E-state index in [4.69, 9.17) is 5.73 Å². The minimum absolute atomic E-state index is 0.0387. The molecule has 2 heterocycles. The van der Waals surface area contributed by atoms with Crippen molar-refractivity contribution in [2.75, 3.05) is 36.8 Å².